The van der Waals surface area contributed by atoms with Gasteiger partial charge in [0.1, 0.15) is 5.60 Å². The fourth-order valence-electron chi connectivity index (χ4n) is 2.62. The fraction of sp³-hybridized carbons (Fsp3) is 0.529. The number of rotatable bonds is 2. The van der Waals surface area contributed by atoms with Crippen molar-refractivity contribution in [1.82, 2.24) is 9.88 Å². The van der Waals surface area contributed by atoms with Gasteiger partial charge in [0.25, 0.3) is 0 Å². The Morgan fingerprint density at radius 1 is 1.50 bits per heavy atom. The Kier molecular flexibility index (Phi) is 5.02. The molecule has 0 aromatic carbocycles. The number of carbonyl (C=O) groups excluding carboxylic acids is 1. The molecule has 0 spiro atoms. The lowest BCUT2D eigenvalue weighted by Gasteiger charge is -2.45. The summed E-state index contributed by atoms with van der Waals surface area (Å²) < 4.78 is 5.50. The first-order chi connectivity index (χ1) is 11.0. The smallest absolute Gasteiger partial charge is 0.413 e. The van der Waals surface area contributed by atoms with Crippen LogP contribution in [0.3, 0.4) is 0 Å². The summed E-state index contributed by atoms with van der Waals surface area (Å²) in [6.07, 6.45) is 4.80. The first-order valence-corrected chi connectivity index (χ1v) is 8.11. The van der Waals surface area contributed by atoms with Gasteiger partial charge in [0.05, 0.1) is 39.0 Å². The van der Waals surface area contributed by atoms with Gasteiger partial charge in [-0.3, -0.25) is 9.88 Å². The minimum Gasteiger partial charge on any atom is -0.443 e. The molecule has 0 atom stereocenters. The molecule has 1 aliphatic rings. The first-order valence-electron chi connectivity index (χ1n) is 8.11. The number of nitrogen functional groups attached to an aromatic ring is 1. The summed E-state index contributed by atoms with van der Waals surface area (Å²) in [5.74, 6) is 0. The van der Waals surface area contributed by atoms with E-state index >= 15 is 0 Å². The van der Waals surface area contributed by atoms with Crippen LogP contribution in [0.1, 0.15) is 51.8 Å². The maximum Gasteiger partial charge on any atom is 0.413 e. The number of aromatic nitrogens is 1. The van der Waals surface area contributed by atoms with E-state index in [-0.39, 0.29) is 6.42 Å². The monoisotopic (exact) mass is 323 g/mol. The van der Waals surface area contributed by atoms with Crippen LogP contribution in [0.15, 0.2) is 18.3 Å². The van der Waals surface area contributed by atoms with Crippen molar-refractivity contribution in [2.75, 3.05) is 5.73 Å². The highest BCUT2D eigenvalue weighted by Gasteiger charge is 2.41. The van der Waals surface area contributed by atoms with Crippen LogP contribution < -0.4 is 5.73 Å². The number of amides is 1. The van der Waals surface area contributed by atoms with E-state index in [9.17, 15) is 4.79 Å². The van der Waals surface area contributed by atoms with Crippen LogP contribution in [-0.2, 0) is 11.2 Å². The zero-order valence-electron chi connectivity index (χ0n) is 14.8. The van der Waals surface area contributed by atoms with Crippen LogP contribution in [0.2, 0.25) is 0 Å². The third-order valence-corrected chi connectivity index (χ3v) is 3.58. The maximum absolute atomic E-state index is 12.7. The quantitative estimate of drug-likeness (QED) is 0.850. The molecular formula is C17H23B2N3O2. The van der Waals surface area contributed by atoms with Crippen molar-refractivity contribution in [3.63, 3.8) is 0 Å². The van der Waals surface area contributed by atoms with E-state index in [0.717, 1.165) is 24.1 Å². The molecule has 0 aliphatic carbocycles. The summed E-state index contributed by atoms with van der Waals surface area (Å²) >= 11 is 0. The number of nitrogens with zero attached hydrogens (tertiary/aromatic N) is 2. The van der Waals surface area contributed by atoms with E-state index in [2.05, 4.69) is 4.98 Å². The molecule has 0 saturated carbocycles. The first kappa shape index (κ1) is 18.4. The lowest BCUT2D eigenvalue weighted by molar-refractivity contribution is 0.0304. The molecule has 124 valence electrons. The van der Waals surface area contributed by atoms with Crippen LogP contribution in [0, 0.1) is 0 Å². The zero-order chi connectivity index (χ0) is 18.1. The molecule has 0 saturated heterocycles. The van der Waals surface area contributed by atoms with Gasteiger partial charge in [-0.25, -0.2) is 4.79 Å². The van der Waals surface area contributed by atoms with Gasteiger partial charge in [-0.1, -0.05) is 19.4 Å². The van der Waals surface area contributed by atoms with Gasteiger partial charge < -0.3 is 10.5 Å². The van der Waals surface area contributed by atoms with Crippen molar-refractivity contribution in [3.05, 3.63) is 29.6 Å². The molecular weight excluding hydrogens is 300 g/mol. The normalized spacial score (nSPS) is 18.3. The number of nitrogens with two attached hydrogens (primary N) is 1. The molecule has 7 heteroatoms. The second kappa shape index (κ2) is 6.54. The number of ether oxygens (including phenoxy) is 1. The van der Waals surface area contributed by atoms with E-state index in [0.29, 0.717) is 11.4 Å². The Bertz CT molecular complexity index is 666. The molecule has 24 heavy (non-hydrogen) atoms. The average molecular weight is 323 g/mol. The molecule has 5 nitrogen and oxygen atoms in total. The van der Waals surface area contributed by atoms with Crippen LogP contribution in [-0.4, -0.2) is 42.6 Å². The molecule has 0 bridgehead atoms. The predicted molar refractivity (Wildman–Crippen MR) is 97.6 cm³/mol. The number of unbranched alkanes of at least 4 members (excludes halogenated alkanes) is 1. The van der Waals surface area contributed by atoms with Gasteiger partial charge in [-0.15, -0.1) is 0 Å². The molecule has 1 amide bonds. The van der Waals surface area contributed by atoms with Gasteiger partial charge in [-0.05, 0) is 45.0 Å². The summed E-state index contributed by atoms with van der Waals surface area (Å²) in [6.45, 7) is 7.44. The van der Waals surface area contributed by atoms with E-state index in [1.165, 1.54) is 4.90 Å². The van der Waals surface area contributed by atoms with Gasteiger partial charge >= 0.3 is 6.09 Å². The molecule has 0 unspecified atom stereocenters. The lowest BCUT2D eigenvalue weighted by atomic mass is 9.56. The van der Waals surface area contributed by atoms with Gasteiger partial charge in [0, 0.05) is 5.56 Å². The number of fused-ring (bicyclic) bond motifs is 1. The minimum absolute atomic E-state index is 0.214. The molecule has 1 aromatic rings. The van der Waals surface area contributed by atoms with Gasteiger partial charge in [0.15, 0.2) is 0 Å². The molecule has 2 N–H and O–H groups in total. The predicted octanol–water partition coefficient (Wildman–Crippen LogP) is 2.59. The van der Waals surface area contributed by atoms with Gasteiger partial charge in [-0.2, -0.15) is 0 Å². The lowest BCUT2D eigenvalue weighted by Crippen LogP contribution is -2.57. The number of anilines is 1. The highest BCUT2D eigenvalue weighted by Crippen LogP contribution is 2.37. The van der Waals surface area contributed by atoms with Crippen LogP contribution >= 0.6 is 0 Å². The topological polar surface area (TPSA) is 68.5 Å². The van der Waals surface area contributed by atoms with Crippen molar-refractivity contribution in [3.8, 4) is 0 Å². The highest BCUT2D eigenvalue weighted by molar-refractivity contribution is 6.41. The Hall–Kier alpha value is -1.91. The van der Waals surface area contributed by atoms with Gasteiger partial charge in [0.2, 0.25) is 0 Å². The molecule has 0 fully saturated rings. The van der Waals surface area contributed by atoms with Crippen LogP contribution in [0.4, 0.5) is 10.5 Å². The summed E-state index contributed by atoms with van der Waals surface area (Å²) in [5.41, 5.74) is 7.81. The zero-order valence-corrected chi connectivity index (χ0v) is 14.8. The molecule has 1 aromatic heterocycles. The number of allylic oxidation sites excluding steroid dienone is 1. The Labute approximate surface area is 146 Å². The number of carbonyl (C=O) groups is 1. The fourth-order valence-corrected chi connectivity index (χ4v) is 2.62. The van der Waals surface area contributed by atoms with E-state index in [4.69, 9.17) is 26.2 Å². The third-order valence-electron chi connectivity index (χ3n) is 3.58. The van der Waals surface area contributed by atoms with Crippen molar-refractivity contribution in [2.24, 2.45) is 0 Å². The minimum atomic E-state index is -1.42. The Morgan fingerprint density at radius 2 is 2.17 bits per heavy atom. The number of hydrogen-bond donors (Lipinski definition) is 1. The van der Waals surface area contributed by atoms with E-state index in [1.807, 2.05) is 13.0 Å². The number of pyridine rings is 1. The highest BCUT2D eigenvalue weighted by atomic mass is 16.6. The summed E-state index contributed by atoms with van der Waals surface area (Å²) in [7, 11) is 12.5. The Balaban J connectivity index is 2.55. The molecule has 1 aliphatic heterocycles. The molecule has 2 rings (SSSR count). The Morgan fingerprint density at radius 3 is 2.75 bits per heavy atom. The molecule has 4 radical (unpaired) electrons. The van der Waals surface area contributed by atoms with Crippen LogP contribution in [0.5, 0.6) is 0 Å². The second-order valence-electron chi connectivity index (χ2n) is 7.12. The third kappa shape index (κ3) is 3.94. The maximum atomic E-state index is 12.7. The summed E-state index contributed by atoms with van der Waals surface area (Å²) in [6, 6.07) is 1.79. The number of hydrogen-bond acceptors (Lipinski definition) is 4. The summed E-state index contributed by atoms with van der Waals surface area (Å²) in [4.78, 5) is 18.4. The van der Waals surface area contributed by atoms with E-state index in [1.54, 1.807) is 33.0 Å². The van der Waals surface area contributed by atoms with Crippen LogP contribution in [0.25, 0.3) is 5.70 Å². The van der Waals surface area contributed by atoms with Crippen molar-refractivity contribution in [2.45, 2.75) is 57.9 Å². The summed E-state index contributed by atoms with van der Waals surface area (Å²) in [5, 5.41) is -1.42. The standard InChI is InChI=1S/C17H23B2N3O2/c1-5-6-7-14-12-8-11(20)10-21-13(12)9-17(18,19)22(14)15(23)24-16(2,3)4/h7-8,10H,5-6,9,20H2,1-4H3/b14-7-. The van der Waals surface area contributed by atoms with Crippen molar-refractivity contribution in [1.29, 1.82) is 0 Å². The van der Waals surface area contributed by atoms with Crippen molar-refractivity contribution >= 4 is 33.2 Å². The largest absolute Gasteiger partial charge is 0.443 e. The van der Waals surface area contributed by atoms with E-state index < -0.39 is 17.0 Å². The SMILES string of the molecule is [B]C1([B])Cc2ncc(N)cc2/C(=C/CCC)N1C(=O)OC(C)(C)C. The average Bonchev–Trinajstić information content (AvgIpc) is 2.42. The second-order valence-corrected chi connectivity index (χ2v) is 7.12. The molecule has 2 heterocycles. The van der Waals surface area contributed by atoms with Crippen molar-refractivity contribution < 1.29 is 9.53 Å².